The van der Waals surface area contributed by atoms with Crippen LogP contribution >= 0.6 is 11.6 Å². The van der Waals surface area contributed by atoms with Crippen molar-refractivity contribution in [3.63, 3.8) is 0 Å². The molecule has 1 fully saturated rings. The minimum absolute atomic E-state index is 0.0745. The van der Waals surface area contributed by atoms with Crippen molar-refractivity contribution in [2.45, 2.75) is 36.3 Å². The molecule has 8 heteroatoms. The molecule has 1 aromatic rings. The third kappa shape index (κ3) is 2.51. The first-order chi connectivity index (χ1) is 9.85. The summed E-state index contributed by atoms with van der Waals surface area (Å²) in [6.07, 6.45) is 3.42. The first-order valence-electron chi connectivity index (χ1n) is 6.22. The highest BCUT2D eigenvalue weighted by Crippen LogP contribution is 2.44. The predicted octanol–water partition coefficient (Wildman–Crippen LogP) is -0.271. The maximum absolute atomic E-state index is 12.0. The van der Waals surface area contributed by atoms with E-state index in [0.717, 1.165) is 4.57 Å². The second-order valence-corrected chi connectivity index (χ2v) is 5.43. The van der Waals surface area contributed by atoms with Gasteiger partial charge in [-0.2, -0.15) is 4.98 Å². The summed E-state index contributed by atoms with van der Waals surface area (Å²) < 4.78 is 12.1. The molecule has 1 unspecified atom stereocenters. The van der Waals surface area contributed by atoms with Gasteiger partial charge in [-0.05, 0) is 13.0 Å². The summed E-state index contributed by atoms with van der Waals surface area (Å²) in [4.78, 5) is 14.1. The Morgan fingerprint density at radius 1 is 1.76 bits per heavy atom. The topological polar surface area (TPSA) is 99.6 Å². The Balaban J connectivity index is 2.52. The standard InChI is InChI=1S/C13H16ClN3O4/c1-4-13(14)10(20-3)9(7(2)18)21-11(13)17-6-5-8(15)16-12(17)19/h1,5-7,9-11,18H,2-3H3,(H2,15,16,19)/t7-,9-,10+,11-,13?/m1/s1. The average Bonchev–Trinajstić information content (AvgIpc) is 2.72. The van der Waals surface area contributed by atoms with Gasteiger partial charge in [-0.15, -0.1) is 6.42 Å². The Morgan fingerprint density at radius 3 is 2.90 bits per heavy atom. The fourth-order valence-electron chi connectivity index (χ4n) is 2.40. The van der Waals surface area contributed by atoms with Crippen LogP contribution in [0.5, 0.6) is 0 Å². The molecule has 2 heterocycles. The molecule has 1 saturated heterocycles. The molecule has 0 bridgehead atoms. The van der Waals surface area contributed by atoms with E-state index >= 15 is 0 Å². The summed E-state index contributed by atoms with van der Waals surface area (Å²) in [5.41, 5.74) is 4.80. The minimum atomic E-state index is -1.46. The summed E-state index contributed by atoms with van der Waals surface area (Å²) in [6.45, 7) is 1.52. The molecule has 1 aliphatic rings. The molecule has 1 aromatic heterocycles. The van der Waals surface area contributed by atoms with E-state index in [1.54, 1.807) is 0 Å². The Bertz CT molecular complexity index is 627. The van der Waals surface area contributed by atoms with E-state index in [4.69, 9.17) is 33.2 Å². The van der Waals surface area contributed by atoms with Gasteiger partial charge in [-0.3, -0.25) is 4.57 Å². The van der Waals surface area contributed by atoms with E-state index in [2.05, 4.69) is 10.9 Å². The number of aliphatic hydroxyl groups excluding tert-OH is 1. The first kappa shape index (κ1) is 15.8. The molecular weight excluding hydrogens is 298 g/mol. The lowest BCUT2D eigenvalue weighted by molar-refractivity contribution is -0.0837. The number of hydrogen-bond acceptors (Lipinski definition) is 6. The second kappa shape index (κ2) is 5.66. The number of alkyl halides is 1. The molecule has 21 heavy (non-hydrogen) atoms. The fourth-order valence-corrected chi connectivity index (χ4v) is 2.77. The highest BCUT2D eigenvalue weighted by molar-refractivity contribution is 6.27. The Labute approximate surface area is 126 Å². The summed E-state index contributed by atoms with van der Waals surface area (Å²) in [5.74, 6) is 2.48. The fraction of sp³-hybridized carbons (Fsp3) is 0.538. The quantitative estimate of drug-likeness (QED) is 0.588. The molecule has 0 amide bonds. The number of anilines is 1. The molecule has 0 spiro atoms. The van der Waals surface area contributed by atoms with Crippen molar-refractivity contribution < 1.29 is 14.6 Å². The number of nitrogens with zero attached hydrogens (tertiary/aromatic N) is 2. The van der Waals surface area contributed by atoms with Crippen LogP contribution in [0.25, 0.3) is 0 Å². The summed E-state index contributed by atoms with van der Waals surface area (Å²) in [5, 5.41) is 9.80. The van der Waals surface area contributed by atoms with Crippen molar-refractivity contribution in [1.82, 2.24) is 9.55 Å². The lowest BCUT2D eigenvalue weighted by atomic mass is 9.97. The summed E-state index contributed by atoms with van der Waals surface area (Å²) in [6, 6.07) is 1.43. The van der Waals surface area contributed by atoms with Gasteiger partial charge in [0.05, 0.1) is 6.10 Å². The number of rotatable bonds is 3. The van der Waals surface area contributed by atoms with Crippen molar-refractivity contribution in [2.75, 3.05) is 12.8 Å². The SMILES string of the molecule is C#CC1(Cl)[C@@H](OC)[C@@H]([C@@H](C)O)O[C@H]1n1ccc(N)nc1=O. The van der Waals surface area contributed by atoms with Crippen LogP contribution in [0.15, 0.2) is 17.1 Å². The van der Waals surface area contributed by atoms with Crippen LogP contribution in [0.1, 0.15) is 13.2 Å². The molecule has 7 nitrogen and oxygen atoms in total. The van der Waals surface area contributed by atoms with Crippen LogP contribution in [0.3, 0.4) is 0 Å². The molecular formula is C13H16ClN3O4. The smallest absolute Gasteiger partial charge is 0.351 e. The molecule has 114 valence electrons. The van der Waals surface area contributed by atoms with Gasteiger partial charge >= 0.3 is 5.69 Å². The van der Waals surface area contributed by atoms with Crippen LogP contribution in [0.2, 0.25) is 0 Å². The van der Waals surface area contributed by atoms with Crippen LogP contribution in [-0.4, -0.2) is 45.0 Å². The van der Waals surface area contributed by atoms with Crippen molar-refractivity contribution in [1.29, 1.82) is 0 Å². The number of aliphatic hydroxyl groups is 1. The zero-order chi connectivity index (χ0) is 15.8. The Kier molecular flexibility index (Phi) is 4.25. The maximum Gasteiger partial charge on any atom is 0.351 e. The van der Waals surface area contributed by atoms with E-state index in [9.17, 15) is 9.90 Å². The number of methoxy groups -OCH3 is 1. The van der Waals surface area contributed by atoms with Gasteiger partial charge in [0, 0.05) is 13.3 Å². The number of nitrogen functional groups attached to an aromatic ring is 1. The number of hydrogen-bond donors (Lipinski definition) is 2. The highest BCUT2D eigenvalue weighted by Gasteiger charge is 2.58. The van der Waals surface area contributed by atoms with Gasteiger partial charge in [-0.25, -0.2) is 4.79 Å². The maximum atomic E-state index is 12.0. The molecule has 1 aliphatic heterocycles. The van der Waals surface area contributed by atoms with Crippen LogP contribution < -0.4 is 11.4 Å². The second-order valence-electron chi connectivity index (χ2n) is 4.80. The molecule has 3 N–H and O–H groups in total. The summed E-state index contributed by atoms with van der Waals surface area (Å²) >= 11 is 6.46. The molecule has 0 aromatic carbocycles. The molecule has 0 saturated carbocycles. The Morgan fingerprint density at radius 2 is 2.43 bits per heavy atom. The number of nitrogens with two attached hydrogens (primary N) is 1. The van der Waals surface area contributed by atoms with Gasteiger partial charge in [0.15, 0.2) is 11.1 Å². The average molecular weight is 314 g/mol. The normalized spacial score (nSPS) is 33.6. The van der Waals surface area contributed by atoms with Gasteiger partial charge in [0.2, 0.25) is 0 Å². The largest absolute Gasteiger partial charge is 0.391 e. The zero-order valence-electron chi connectivity index (χ0n) is 11.6. The number of halogens is 1. The van der Waals surface area contributed by atoms with Gasteiger partial charge in [-0.1, -0.05) is 17.5 Å². The monoisotopic (exact) mass is 313 g/mol. The van der Waals surface area contributed by atoms with Crippen molar-refractivity contribution in [3.05, 3.63) is 22.7 Å². The van der Waals surface area contributed by atoms with Gasteiger partial charge < -0.3 is 20.3 Å². The molecule has 0 aliphatic carbocycles. The molecule has 2 rings (SSSR count). The van der Waals surface area contributed by atoms with E-state index in [-0.39, 0.29) is 5.82 Å². The number of terminal acetylenes is 1. The molecule has 0 radical (unpaired) electrons. The van der Waals surface area contributed by atoms with E-state index in [1.807, 2.05) is 0 Å². The van der Waals surface area contributed by atoms with Gasteiger partial charge in [0.1, 0.15) is 18.0 Å². The zero-order valence-corrected chi connectivity index (χ0v) is 12.3. The molecule has 5 atom stereocenters. The van der Waals surface area contributed by atoms with Crippen molar-refractivity contribution in [3.8, 4) is 12.3 Å². The van der Waals surface area contributed by atoms with Crippen molar-refractivity contribution >= 4 is 17.4 Å². The van der Waals surface area contributed by atoms with Crippen LogP contribution in [-0.2, 0) is 9.47 Å². The third-order valence-corrected chi connectivity index (χ3v) is 3.92. The number of ether oxygens (including phenoxy) is 2. The van der Waals surface area contributed by atoms with E-state index in [1.165, 1.54) is 26.3 Å². The highest BCUT2D eigenvalue weighted by atomic mass is 35.5. The third-order valence-electron chi connectivity index (χ3n) is 3.41. The first-order valence-corrected chi connectivity index (χ1v) is 6.60. The van der Waals surface area contributed by atoms with Crippen LogP contribution in [0.4, 0.5) is 5.82 Å². The lowest BCUT2D eigenvalue weighted by Crippen LogP contribution is -2.45. The predicted molar refractivity (Wildman–Crippen MR) is 76.7 cm³/mol. The minimum Gasteiger partial charge on any atom is -0.391 e. The van der Waals surface area contributed by atoms with Gasteiger partial charge in [0.25, 0.3) is 0 Å². The van der Waals surface area contributed by atoms with E-state index < -0.39 is 35.1 Å². The van der Waals surface area contributed by atoms with Crippen molar-refractivity contribution in [2.24, 2.45) is 0 Å². The lowest BCUT2D eigenvalue weighted by Gasteiger charge is -2.27. The Hall–Kier alpha value is -1.59. The summed E-state index contributed by atoms with van der Waals surface area (Å²) in [7, 11) is 1.41. The van der Waals surface area contributed by atoms with E-state index in [0.29, 0.717) is 0 Å². The number of aromatic nitrogens is 2. The van der Waals surface area contributed by atoms with Crippen LogP contribution in [0, 0.1) is 12.3 Å².